The molecular weight excluding hydrogens is 314 g/mol. The maximum absolute atomic E-state index is 4.68. The first kappa shape index (κ1) is 15.1. The number of aromatic nitrogens is 2. The van der Waals surface area contributed by atoms with Gasteiger partial charge in [-0.25, -0.2) is 9.97 Å². The summed E-state index contributed by atoms with van der Waals surface area (Å²) in [5.74, 6) is 0.809. The zero-order valence-corrected chi connectivity index (χ0v) is 13.8. The minimum absolute atomic E-state index is 0.791. The van der Waals surface area contributed by atoms with Crippen LogP contribution in [0.15, 0.2) is 28.7 Å². The third-order valence-corrected chi connectivity index (χ3v) is 3.56. The predicted molar refractivity (Wildman–Crippen MR) is 86.6 cm³/mol. The number of rotatable bonds is 5. The molecule has 0 aliphatic rings. The van der Waals surface area contributed by atoms with Crippen molar-refractivity contribution in [3.05, 3.63) is 45.7 Å². The van der Waals surface area contributed by atoms with E-state index in [9.17, 15) is 0 Å². The van der Waals surface area contributed by atoms with E-state index >= 15 is 0 Å². The van der Waals surface area contributed by atoms with Crippen LogP contribution in [0.1, 0.15) is 30.3 Å². The number of hydrogen-bond donors (Lipinski definition) is 1. The molecule has 2 aromatic rings. The van der Waals surface area contributed by atoms with Crippen molar-refractivity contribution in [1.82, 2.24) is 15.3 Å². The second kappa shape index (κ2) is 6.95. The molecule has 0 fully saturated rings. The molecule has 0 bridgehead atoms. The summed E-state index contributed by atoms with van der Waals surface area (Å²) in [6.07, 6.45) is 1.13. The number of hydrogen-bond acceptors (Lipinski definition) is 3. The van der Waals surface area contributed by atoms with Gasteiger partial charge in [-0.05, 0) is 56.6 Å². The third kappa shape index (κ3) is 3.87. The van der Waals surface area contributed by atoms with Crippen LogP contribution in [0, 0.1) is 13.8 Å². The Morgan fingerprint density at radius 1 is 1.15 bits per heavy atom. The van der Waals surface area contributed by atoms with Gasteiger partial charge in [0, 0.05) is 22.3 Å². The van der Waals surface area contributed by atoms with E-state index in [0.29, 0.717) is 0 Å². The zero-order chi connectivity index (χ0) is 14.5. The summed E-state index contributed by atoms with van der Waals surface area (Å²) >= 11 is 3.49. The summed E-state index contributed by atoms with van der Waals surface area (Å²) in [6.45, 7) is 8.06. The molecule has 106 valence electrons. The first-order chi connectivity index (χ1) is 9.60. The first-order valence-electron chi connectivity index (χ1n) is 6.92. The van der Waals surface area contributed by atoms with Gasteiger partial charge >= 0.3 is 0 Å². The quantitative estimate of drug-likeness (QED) is 0.839. The molecule has 1 aromatic carbocycles. The highest BCUT2D eigenvalue weighted by atomic mass is 79.9. The molecule has 3 nitrogen and oxygen atoms in total. The number of halogens is 1. The lowest BCUT2D eigenvalue weighted by atomic mass is 10.1. The van der Waals surface area contributed by atoms with Crippen LogP contribution < -0.4 is 5.32 Å². The molecule has 0 saturated heterocycles. The van der Waals surface area contributed by atoms with E-state index < -0.39 is 0 Å². The molecule has 20 heavy (non-hydrogen) atoms. The molecule has 0 aliphatic heterocycles. The van der Waals surface area contributed by atoms with Crippen LogP contribution >= 0.6 is 15.9 Å². The van der Waals surface area contributed by atoms with Gasteiger partial charge in [-0.15, -0.1) is 0 Å². The second-order valence-corrected chi connectivity index (χ2v) is 5.88. The molecule has 0 unspecified atom stereocenters. The molecular formula is C16H20BrN3. The number of nitrogens with zero attached hydrogens (tertiary/aromatic N) is 2. The molecule has 2 rings (SSSR count). The Labute approximate surface area is 129 Å². The molecule has 0 radical (unpaired) electrons. The summed E-state index contributed by atoms with van der Waals surface area (Å²) < 4.78 is 1.08. The summed E-state index contributed by atoms with van der Waals surface area (Å²) in [5, 5.41) is 3.38. The molecule has 0 spiro atoms. The molecule has 1 N–H and O–H groups in total. The fraction of sp³-hybridized carbons (Fsp3) is 0.375. The van der Waals surface area contributed by atoms with E-state index in [1.165, 1.54) is 5.56 Å². The van der Waals surface area contributed by atoms with Gasteiger partial charge < -0.3 is 5.32 Å². The highest BCUT2D eigenvalue weighted by Gasteiger charge is 2.08. The lowest BCUT2D eigenvalue weighted by molar-refractivity contribution is 0.662. The zero-order valence-electron chi connectivity index (χ0n) is 12.2. The maximum Gasteiger partial charge on any atom is 0.159 e. The first-order valence-corrected chi connectivity index (χ1v) is 7.71. The van der Waals surface area contributed by atoms with Crippen LogP contribution in [0.2, 0.25) is 0 Å². The molecule has 1 aromatic heterocycles. The fourth-order valence-electron chi connectivity index (χ4n) is 2.12. The van der Waals surface area contributed by atoms with Gasteiger partial charge in [0.1, 0.15) is 0 Å². The topological polar surface area (TPSA) is 37.8 Å². The highest BCUT2D eigenvalue weighted by molar-refractivity contribution is 9.10. The van der Waals surface area contributed by atoms with Gasteiger partial charge in [0.05, 0.1) is 5.69 Å². The van der Waals surface area contributed by atoms with Crippen LogP contribution in [0.25, 0.3) is 11.4 Å². The molecule has 0 amide bonds. The molecule has 0 atom stereocenters. The largest absolute Gasteiger partial charge is 0.311 e. The van der Waals surface area contributed by atoms with Crippen molar-refractivity contribution in [1.29, 1.82) is 0 Å². The third-order valence-electron chi connectivity index (χ3n) is 3.07. The van der Waals surface area contributed by atoms with Gasteiger partial charge in [0.2, 0.25) is 0 Å². The van der Waals surface area contributed by atoms with Crippen LogP contribution in [-0.4, -0.2) is 16.5 Å². The van der Waals surface area contributed by atoms with Crippen molar-refractivity contribution < 1.29 is 0 Å². The van der Waals surface area contributed by atoms with Crippen LogP contribution in [0.5, 0.6) is 0 Å². The van der Waals surface area contributed by atoms with E-state index in [1.807, 2.05) is 19.1 Å². The van der Waals surface area contributed by atoms with E-state index in [1.54, 1.807) is 0 Å². The number of nitrogens with one attached hydrogen (secondary N) is 1. The second-order valence-electron chi connectivity index (χ2n) is 4.96. The fourth-order valence-corrected chi connectivity index (χ4v) is 2.59. The Bertz CT molecular complexity index is 596. The van der Waals surface area contributed by atoms with Gasteiger partial charge in [-0.3, -0.25) is 0 Å². The summed E-state index contributed by atoms with van der Waals surface area (Å²) in [6, 6.07) is 8.23. The molecule has 1 heterocycles. The maximum atomic E-state index is 4.68. The lowest BCUT2D eigenvalue weighted by Crippen LogP contribution is -2.15. The Balaban J connectivity index is 2.31. The minimum Gasteiger partial charge on any atom is -0.311 e. The Morgan fingerprint density at radius 2 is 1.95 bits per heavy atom. The van der Waals surface area contributed by atoms with E-state index in [-0.39, 0.29) is 0 Å². The van der Waals surface area contributed by atoms with Crippen molar-refractivity contribution in [2.24, 2.45) is 0 Å². The van der Waals surface area contributed by atoms with Gasteiger partial charge in [-0.1, -0.05) is 22.9 Å². The van der Waals surface area contributed by atoms with Crippen LogP contribution in [0.3, 0.4) is 0 Å². The van der Waals surface area contributed by atoms with Crippen molar-refractivity contribution in [2.45, 2.75) is 33.7 Å². The van der Waals surface area contributed by atoms with Crippen molar-refractivity contribution in [3.8, 4) is 11.4 Å². The van der Waals surface area contributed by atoms with E-state index in [4.69, 9.17) is 0 Å². The SMILES string of the molecule is CCCNCc1cc(C)nc(-c2ccc(Br)cc2C)n1. The van der Waals surface area contributed by atoms with Crippen LogP contribution in [0.4, 0.5) is 0 Å². The Morgan fingerprint density at radius 3 is 2.65 bits per heavy atom. The Kier molecular flexibility index (Phi) is 5.26. The number of benzene rings is 1. The van der Waals surface area contributed by atoms with Crippen molar-refractivity contribution in [3.63, 3.8) is 0 Å². The Hall–Kier alpha value is -1.26. The highest BCUT2D eigenvalue weighted by Crippen LogP contribution is 2.23. The predicted octanol–water partition coefficient (Wildman–Crippen LogP) is 4.02. The minimum atomic E-state index is 0.791. The summed E-state index contributed by atoms with van der Waals surface area (Å²) in [7, 11) is 0. The molecule has 0 saturated carbocycles. The standard InChI is InChI=1S/C16H20BrN3/c1-4-7-18-10-14-9-12(3)19-16(20-14)15-6-5-13(17)8-11(15)2/h5-6,8-9,18H,4,7,10H2,1-3H3. The summed E-state index contributed by atoms with van der Waals surface area (Å²) in [4.78, 5) is 9.25. The van der Waals surface area contributed by atoms with Crippen molar-refractivity contribution in [2.75, 3.05) is 6.54 Å². The summed E-state index contributed by atoms with van der Waals surface area (Å²) in [5.41, 5.74) is 4.32. The van der Waals surface area contributed by atoms with Crippen molar-refractivity contribution >= 4 is 15.9 Å². The van der Waals surface area contributed by atoms with Gasteiger partial charge in [0.15, 0.2) is 5.82 Å². The normalized spacial score (nSPS) is 10.8. The van der Waals surface area contributed by atoms with E-state index in [2.05, 4.69) is 57.2 Å². The monoisotopic (exact) mass is 333 g/mol. The molecule has 0 aliphatic carbocycles. The molecule has 4 heteroatoms. The van der Waals surface area contributed by atoms with Gasteiger partial charge in [0.25, 0.3) is 0 Å². The lowest BCUT2D eigenvalue weighted by Gasteiger charge is -2.09. The van der Waals surface area contributed by atoms with Crippen LogP contribution in [-0.2, 0) is 6.54 Å². The number of aryl methyl sites for hydroxylation is 2. The smallest absolute Gasteiger partial charge is 0.159 e. The van der Waals surface area contributed by atoms with Gasteiger partial charge in [-0.2, -0.15) is 0 Å². The average Bonchev–Trinajstić information content (AvgIpc) is 2.38. The van der Waals surface area contributed by atoms with E-state index in [0.717, 1.165) is 46.8 Å². The average molecular weight is 334 g/mol.